The summed E-state index contributed by atoms with van der Waals surface area (Å²) in [5.74, 6) is 0.713. The maximum Gasteiger partial charge on any atom is 0.410 e. The Morgan fingerprint density at radius 3 is 2.77 bits per heavy atom. The van der Waals surface area contributed by atoms with Crippen LogP contribution in [0.5, 0.6) is 5.75 Å². The van der Waals surface area contributed by atoms with Crippen molar-refractivity contribution in [2.24, 2.45) is 11.7 Å². The van der Waals surface area contributed by atoms with Gasteiger partial charge in [0.2, 0.25) is 0 Å². The Morgan fingerprint density at radius 1 is 1.19 bits per heavy atom. The van der Waals surface area contributed by atoms with Crippen molar-refractivity contribution in [3.05, 3.63) is 36.7 Å². The molecule has 1 aromatic carbocycles. The molecule has 3 rings (SSSR count). The van der Waals surface area contributed by atoms with Gasteiger partial charge in [-0.3, -0.25) is 9.78 Å². The van der Waals surface area contributed by atoms with Gasteiger partial charge in [0.15, 0.2) is 6.61 Å². The summed E-state index contributed by atoms with van der Waals surface area (Å²) in [4.78, 5) is 28.2. The zero-order chi connectivity index (χ0) is 18.4. The molecule has 1 saturated heterocycles. The minimum atomic E-state index is -0.644. The highest BCUT2D eigenvalue weighted by Gasteiger charge is 2.24. The van der Waals surface area contributed by atoms with Crippen molar-refractivity contribution < 1.29 is 19.1 Å². The number of nitrogens with two attached hydrogens (primary N) is 1. The molecule has 2 aromatic rings. The number of primary amides is 1. The molecule has 0 saturated carbocycles. The summed E-state index contributed by atoms with van der Waals surface area (Å²) < 4.78 is 10.7. The Morgan fingerprint density at radius 2 is 2.00 bits per heavy atom. The molecule has 1 fully saturated rings. The van der Waals surface area contributed by atoms with Gasteiger partial charge >= 0.3 is 6.09 Å². The molecular formula is C19H23N3O4. The van der Waals surface area contributed by atoms with Crippen LogP contribution in [-0.4, -0.2) is 48.2 Å². The van der Waals surface area contributed by atoms with Gasteiger partial charge in [0, 0.05) is 30.9 Å². The average molecular weight is 357 g/mol. The van der Waals surface area contributed by atoms with Gasteiger partial charge in [-0.1, -0.05) is 6.07 Å². The molecule has 2 heterocycles. The summed E-state index contributed by atoms with van der Waals surface area (Å²) in [6.45, 7) is 1.53. The van der Waals surface area contributed by atoms with E-state index in [1.807, 2.05) is 30.5 Å². The maximum absolute atomic E-state index is 11.8. The maximum atomic E-state index is 11.8. The molecule has 1 aliphatic rings. The van der Waals surface area contributed by atoms with Crippen LogP contribution in [0.1, 0.15) is 19.3 Å². The Labute approximate surface area is 152 Å². The number of carbonyl (C=O) groups is 2. The number of rotatable bonds is 6. The average Bonchev–Trinajstić information content (AvgIpc) is 2.66. The molecule has 1 aromatic heterocycles. The third kappa shape index (κ3) is 4.84. The van der Waals surface area contributed by atoms with Crippen LogP contribution >= 0.6 is 0 Å². The number of nitrogens with zero attached hydrogens (tertiary/aromatic N) is 2. The Balaban J connectivity index is 1.39. The minimum absolute atomic E-state index is 0.367. The van der Waals surface area contributed by atoms with Crippen molar-refractivity contribution in [2.75, 3.05) is 26.3 Å². The monoisotopic (exact) mass is 357 g/mol. The third-order valence-corrected chi connectivity index (χ3v) is 4.62. The molecule has 26 heavy (non-hydrogen) atoms. The zero-order valence-electron chi connectivity index (χ0n) is 14.6. The van der Waals surface area contributed by atoms with Gasteiger partial charge in [-0.05, 0) is 48.8 Å². The Kier molecular flexibility index (Phi) is 5.88. The highest BCUT2D eigenvalue weighted by atomic mass is 16.6. The molecule has 0 atom stereocenters. The quantitative estimate of drug-likeness (QED) is 0.856. The molecule has 0 unspecified atom stereocenters. The molecule has 0 spiro atoms. The molecule has 2 N–H and O–H groups in total. The van der Waals surface area contributed by atoms with Crippen LogP contribution in [0.15, 0.2) is 36.7 Å². The standard InChI is InChI=1S/C19H23N3O4/c20-18(23)13-26-19(24)22-8-4-14(5-9-22)6-10-25-17-2-1-15-3-7-21-12-16(15)11-17/h1-3,7,11-12,14H,4-6,8-10,13H2,(H2,20,23). The first-order valence-electron chi connectivity index (χ1n) is 8.78. The molecule has 0 bridgehead atoms. The summed E-state index contributed by atoms with van der Waals surface area (Å²) >= 11 is 0. The lowest BCUT2D eigenvalue weighted by Gasteiger charge is -2.31. The van der Waals surface area contributed by atoms with Gasteiger partial charge in [0.25, 0.3) is 5.91 Å². The number of hydrogen-bond donors (Lipinski definition) is 1. The number of carbonyl (C=O) groups excluding carboxylic acids is 2. The fourth-order valence-electron chi connectivity index (χ4n) is 3.12. The van der Waals surface area contributed by atoms with Gasteiger partial charge in [-0.2, -0.15) is 0 Å². The van der Waals surface area contributed by atoms with E-state index < -0.39 is 12.0 Å². The lowest BCUT2D eigenvalue weighted by Crippen LogP contribution is -2.40. The van der Waals surface area contributed by atoms with E-state index in [4.69, 9.17) is 15.2 Å². The lowest BCUT2D eigenvalue weighted by atomic mass is 9.94. The number of amides is 2. The number of likely N-dealkylation sites (tertiary alicyclic amines) is 1. The van der Waals surface area contributed by atoms with E-state index in [1.54, 1.807) is 11.1 Å². The van der Waals surface area contributed by atoms with Gasteiger partial charge in [0.1, 0.15) is 5.75 Å². The highest BCUT2D eigenvalue weighted by molar-refractivity contribution is 5.82. The van der Waals surface area contributed by atoms with Gasteiger partial charge in [-0.15, -0.1) is 0 Å². The van der Waals surface area contributed by atoms with Crippen LogP contribution in [0.4, 0.5) is 4.79 Å². The molecule has 138 valence electrons. The first kappa shape index (κ1) is 18.0. The van der Waals surface area contributed by atoms with Gasteiger partial charge in [0.05, 0.1) is 6.61 Å². The zero-order valence-corrected chi connectivity index (χ0v) is 14.6. The number of fused-ring (bicyclic) bond motifs is 1. The number of piperidine rings is 1. The Bertz CT molecular complexity index is 772. The molecule has 1 aliphatic heterocycles. The van der Waals surface area contributed by atoms with Gasteiger partial charge in [-0.25, -0.2) is 4.79 Å². The van der Waals surface area contributed by atoms with E-state index in [1.165, 1.54) is 0 Å². The molecule has 0 radical (unpaired) electrons. The van der Waals surface area contributed by atoms with Gasteiger partial charge < -0.3 is 20.1 Å². The van der Waals surface area contributed by atoms with Crippen LogP contribution < -0.4 is 10.5 Å². The van der Waals surface area contributed by atoms with Crippen LogP contribution in [-0.2, 0) is 9.53 Å². The van der Waals surface area contributed by atoms with E-state index in [0.29, 0.717) is 25.6 Å². The van der Waals surface area contributed by atoms with E-state index in [2.05, 4.69) is 4.98 Å². The van der Waals surface area contributed by atoms with Crippen molar-refractivity contribution in [2.45, 2.75) is 19.3 Å². The summed E-state index contributed by atoms with van der Waals surface area (Å²) in [5, 5.41) is 2.20. The Hall–Kier alpha value is -2.83. The third-order valence-electron chi connectivity index (χ3n) is 4.62. The predicted octanol–water partition coefficient (Wildman–Crippen LogP) is 2.34. The molecule has 7 heteroatoms. The second-order valence-corrected chi connectivity index (χ2v) is 6.47. The summed E-state index contributed by atoms with van der Waals surface area (Å²) in [7, 11) is 0. The smallest absolute Gasteiger partial charge is 0.410 e. The molecule has 2 amide bonds. The topological polar surface area (TPSA) is 94.8 Å². The van der Waals surface area contributed by atoms with E-state index >= 15 is 0 Å². The van der Waals surface area contributed by atoms with E-state index in [9.17, 15) is 9.59 Å². The molecule has 0 aliphatic carbocycles. The number of ether oxygens (including phenoxy) is 2. The van der Waals surface area contributed by atoms with Crippen LogP contribution in [0.25, 0.3) is 10.8 Å². The van der Waals surface area contributed by atoms with Crippen LogP contribution in [0.2, 0.25) is 0 Å². The normalized spacial score (nSPS) is 15.0. The van der Waals surface area contributed by atoms with Crippen molar-refractivity contribution in [1.29, 1.82) is 0 Å². The fraction of sp³-hybridized carbons (Fsp3) is 0.421. The first-order valence-corrected chi connectivity index (χ1v) is 8.78. The fourth-order valence-corrected chi connectivity index (χ4v) is 3.12. The summed E-state index contributed by atoms with van der Waals surface area (Å²) in [5.41, 5.74) is 4.97. The number of hydrogen-bond acceptors (Lipinski definition) is 5. The SMILES string of the molecule is NC(=O)COC(=O)N1CCC(CCOc2ccc3ccncc3c2)CC1. The second kappa shape index (κ2) is 8.51. The second-order valence-electron chi connectivity index (χ2n) is 6.47. The molecular weight excluding hydrogens is 334 g/mol. The minimum Gasteiger partial charge on any atom is -0.494 e. The van der Waals surface area contributed by atoms with Crippen molar-refractivity contribution in [1.82, 2.24) is 9.88 Å². The predicted molar refractivity (Wildman–Crippen MR) is 96.7 cm³/mol. The van der Waals surface area contributed by atoms with Crippen molar-refractivity contribution in [3.8, 4) is 5.75 Å². The van der Waals surface area contributed by atoms with E-state index in [-0.39, 0.29) is 6.61 Å². The van der Waals surface area contributed by atoms with Crippen LogP contribution in [0.3, 0.4) is 0 Å². The van der Waals surface area contributed by atoms with Crippen molar-refractivity contribution >= 4 is 22.8 Å². The summed E-state index contributed by atoms with van der Waals surface area (Å²) in [6, 6.07) is 7.98. The summed E-state index contributed by atoms with van der Waals surface area (Å²) in [6.07, 6.45) is 5.87. The largest absolute Gasteiger partial charge is 0.494 e. The highest BCUT2D eigenvalue weighted by Crippen LogP contribution is 2.23. The number of pyridine rings is 1. The number of benzene rings is 1. The number of aromatic nitrogens is 1. The lowest BCUT2D eigenvalue weighted by molar-refractivity contribution is -0.121. The molecule has 7 nitrogen and oxygen atoms in total. The van der Waals surface area contributed by atoms with Crippen molar-refractivity contribution in [3.63, 3.8) is 0 Å². The van der Waals surface area contributed by atoms with Crippen LogP contribution in [0, 0.1) is 5.92 Å². The van der Waals surface area contributed by atoms with E-state index in [0.717, 1.165) is 35.8 Å². The first-order chi connectivity index (χ1) is 12.6.